The van der Waals surface area contributed by atoms with Crippen LogP contribution < -0.4 is 5.32 Å². The molecule has 0 heterocycles. The number of hydrogen-bond donors (Lipinski definition) is 2. The molecule has 0 aliphatic rings. The van der Waals surface area contributed by atoms with Crippen molar-refractivity contribution in [1.82, 2.24) is 5.32 Å². The van der Waals surface area contributed by atoms with Gasteiger partial charge < -0.3 is 10.4 Å². The lowest BCUT2D eigenvalue weighted by Gasteiger charge is -2.17. The molecule has 0 bridgehead atoms. The number of unbranched alkanes of at least 4 members (excludes halogenated alkanes) is 1. The van der Waals surface area contributed by atoms with Gasteiger partial charge in [-0.3, -0.25) is 9.59 Å². The van der Waals surface area contributed by atoms with E-state index in [9.17, 15) is 18.0 Å². The Bertz CT molecular complexity index is 390. The lowest BCUT2D eigenvalue weighted by Crippen LogP contribution is -2.42. The maximum absolute atomic E-state index is 11.9. The molecule has 0 aromatic rings. The van der Waals surface area contributed by atoms with E-state index in [4.69, 9.17) is 5.11 Å². The second-order valence-corrected chi connectivity index (χ2v) is 6.97. The Morgan fingerprint density at radius 2 is 1.83 bits per heavy atom. The van der Waals surface area contributed by atoms with Crippen LogP contribution in [0, 0.1) is 0 Å². The van der Waals surface area contributed by atoms with Crippen molar-refractivity contribution in [2.75, 3.05) is 6.54 Å². The Morgan fingerprint density at radius 1 is 1.28 bits per heavy atom. The molecule has 1 amide bonds. The molecular formula is C11H21NO5S. The minimum Gasteiger partial charge on any atom is -0.481 e. The molecule has 0 aromatic carbocycles. The van der Waals surface area contributed by atoms with Crippen molar-refractivity contribution < 1.29 is 23.1 Å². The number of carbonyl (C=O) groups excluding carboxylic acids is 1. The van der Waals surface area contributed by atoms with Gasteiger partial charge >= 0.3 is 5.97 Å². The van der Waals surface area contributed by atoms with Crippen LogP contribution in [0.25, 0.3) is 0 Å². The summed E-state index contributed by atoms with van der Waals surface area (Å²) in [6.45, 7) is 4.98. The first-order valence-corrected chi connectivity index (χ1v) is 7.56. The molecule has 0 saturated heterocycles. The normalized spacial score (nSPS) is 14.8. The van der Waals surface area contributed by atoms with E-state index in [1.54, 1.807) is 0 Å². The van der Waals surface area contributed by atoms with Crippen LogP contribution in [0.4, 0.5) is 0 Å². The third kappa shape index (κ3) is 5.03. The van der Waals surface area contributed by atoms with E-state index in [1.165, 1.54) is 13.8 Å². The molecule has 0 rings (SSSR count). The molecule has 6 nitrogen and oxygen atoms in total. The summed E-state index contributed by atoms with van der Waals surface area (Å²) < 4.78 is 23.8. The molecule has 0 aliphatic carbocycles. The van der Waals surface area contributed by atoms with Gasteiger partial charge in [-0.2, -0.15) is 0 Å². The van der Waals surface area contributed by atoms with Crippen molar-refractivity contribution in [1.29, 1.82) is 0 Å². The zero-order valence-electron chi connectivity index (χ0n) is 11.0. The Morgan fingerprint density at radius 3 is 2.28 bits per heavy atom. The van der Waals surface area contributed by atoms with Crippen molar-refractivity contribution in [3.8, 4) is 0 Å². The smallest absolute Gasteiger partial charge is 0.304 e. The standard InChI is InChI=1S/C11H21NO5S/c1-4-5-6-12-11(15)9(3)18(16,17)8(2)7-10(13)14/h8-9H,4-7H2,1-3H3,(H,12,15)(H,13,14). The zero-order chi connectivity index (χ0) is 14.3. The van der Waals surface area contributed by atoms with Gasteiger partial charge in [0.05, 0.1) is 11.7 Å². The highest BCUT2D eigenvalue weighted by Gasteiger charge is 2.33. The third-order valence-corrected chi connectivity index (χ3v) is 5.20. The van der Waals surface area contributed by atoms with Gasteiger partial charge in [-0.05, 0) is 20.3 Å². The number of carboxylic acids is 1. The molecule has 2 atom stereocenters. The molecule has 106 valence electrons. The highest BCUT2D eigenvalue weighted by atomic mass is 32.2. The molecule has 0 fully saturated rings. The van der Waals surface area contributed by atoms with Crippen LogP contribution >= 0.6 is 0 Å². The average Bonchev–Trinajstić information content (AvgIpc) is 2.27. The second-order valence-electron chi connectivity index (χ2n) is 4.28. The number of hydrogen-bond acceptors (Lipinski definition) is 4. The monoisotopic (exact) mass is 279 g/mol. The molecule has 0 aliphatic heterocycles. The number of aliphatic carboxylic acids is 1. The van der Waals surface area contributed by atoms with Crippen LogP contribution in [0.1, 0.15) is 40.0 Å². The molecule has 0 spiro atoms. The van der Waals surface area contributed by atoms with Crippen molar-refractivity contribution >= 4 is 21.7 Å². The summed E-state index contributed by atoms with van der Waals surface area (Å²) in [6.07, 6.45) is 1.19. The van der Waals surface area contributed by atoms with E-state index in [0.29, 0.717) is 6.54 Å². The van der Waals surface area contributed by atoms with Gasteiger partial charge in [-0.25, -0.2) is 8.42 Å². The first kappa shape index (κ1) is 16.9. The summed E-state index contributed by atoms with van der Waals surface area (Å²) in [5.74, 6) is -1.76. The summed E-state index contributed by atoms with van der Waals surface area (Å²) in [4.78, 5) is 22.1. The first-order chi connectivity index (χ1) is 8.23. The Balaban J connectivity index is 4.59. The van der Waals surface area contributed by atoms with Crippen LogP contribution in [-0.2, 0) is 19.4 Å². The van der Waals surface area contributed by atoms with E-state index in [1.807, 2.05) is 6.92 Å². The van der Waals surface area contributed by atoms with Crippen molar-refractivity contribution in [2.24, 2.45) is 0 Å². The Labute approximate surface area is 108 Å². The van der Waals surface area contributed by atoms with Crippen LogP contribution in [0.15, 0.2) is 0 Å². The van der Waals surface area contributed by atoms with Gasteiger partial charge in [-0.15, -0.1) is 0 Å². The molecular weight excluding hydrogens is 258 g/mol. The quantitative estimate of drug-likeness (QED) is 0.633. The summed E-state index contributed by atoms with van der Waals surface area (Å²) in [6, 6.07) is 0. The molecule has 2 N–H and O–H groups in total. The van der Waals surface area contributed by atoms with Gasteiger partial charge in [0.2, 0.25) is 5.91 Å². The minimum absolute atomic E-state index is 0.433. The highest BCUT2D eigenvalue weighted by molar-refractivity contribution is 7.93. The second kappa shape index (κ2) is 7.35. The molecule has 0 saturated carbocycles. The SMILES string of the molecule is CCCCNC(=O)C(C)S(=O)(=O)C(C)CC(=O)O. The van der Waals surface area contributed by atoms with Gasteiger partial charge in [0.1, 0.15) is 5.25 Å². The van der Waals surface area contributed by atoms with Gasteiger partial charge in [-0.1, -0.05) is 13.3 Å². The molecule has 18 heavy (non-hydrogen) atoms. The van der Waals surface area contributed by atoms with E-state index in [2.05, 4.69) is 5.32 Å². The lowest BCUT2D eigenvalue weighted by molar-refractivity contribution is -0.137. The number of rotatable bonds is 8. The average molecular weight is 279 g/mol. The number of carboxylic acid groups (broad SMARTS) is 1. The maximum Gasteiger partial charge on any atom is 0.304 e. The predicted octanol–water partition coefficient (Wildman–Crippen LogP) is 0.569. The Kier molecular flexibility index (Phi) is 6.90. The minimum atomic E-state index is -3.76. The Hall–Kier alpha value is -1.11. The molecule has 2 unspecified atom stereocenters. The molecule has 0 radical (unpaired) electrons. The fourth-order valence-corrected chi connectivity index (χ4v) is 2.85. The number of nitrogens with one attached hydrogen (secondary N) is 1. The van der Waals surface area contributed by atoms with E-state index in [0.717, 1.165) is 12.8 Å². The number of carbonyl (C=O) groups is 2. The van der Waals surface area contributed by atoms with E-state index >= 15 is 0 Å². The van der Waals surface area contributed by atoms with Gasteiger partial charge in [0.25, 0.3) is 0 Å². The number of amides is 1. The molecule has 7 heteroatoms. The van der Waals surface area contributed by atoms with Gasteiger partial charge in [0, 0.05) is 6.54 Å². The van der Waals surface area contributed by atoms with Crippen molar-refractivity contribution in [3.63, 3.8) is 0 Å². The zero-order valence-corrected chi connectivity index (χ0v) is 11.8. The fraction of sp³-hybridized carbons (Fsp3) is 0.818. The van der Waals surface area contributed by atoms with E-state index < -0.39 is 38.6 Å². The third-order valence-electron chi connectivity index (χ3n) is 2.71. The van der Waals surface area contributed by atoms with Crippen molar-refractivity contribution in [3.05, 3.63) is 0 Å². The fourth-order valence-electron chi connectivity index (χ4n) is 1.39. The topological polar surface area (TPSA) is 101 Å². The van der Waals surface area contributed by atoms with Gasteiger partial charge in [0.15, 0.2) is 9.84 Å². The first-order valence-electron chi connectivity index (χ1n) is 5.95. The summed E-state index contributed by atoms with van der Waals surface area (Å²) in [7, 11) is -3.76. The van der Waals surface area contributed by atoms with E-state index in [-0.39, 0.29) is 0 Å². The summed E-state index contributed by atoms with van der Waals surface area (Å²) in [5, 5.41) is 8.82. The summed E-state index contributed by atoms with van der Waals surface area (Å²) in [5.41, 5.74) is 0. The highest BCUT2D eigenvalue weighted by Crippen LogP contribution is 2.13. The number of sulfone groups is 1. The van der Waals surface area contributed by atoms with Crippen LogP contribution in [0.3, 0.4) is 0 Å². The summed E-state index contributed by atoms with van der Waals surface area (Å²) >= 11 is 0. The van der Waals surface area contributed by atoms with Crippen LogP contribution in [0.5, 0.6) is 0 Å². The van der Waals surface area contributed by atoms with Crippen LogP contribution in [-0.4, -0.2) is 42.4 Å². The predicted molar refractivity (Wildman–Crippen MR) is 68.0 cm³/mol. The maximum atomic E-state index is 11.9. The van der Waals surface area contributed by atoms with Crippen LogP contribution in [0.2, 0.25) is 0 Å². The largest absolute Gasteiger partial charge is 0.481 e. The lowest BCUT2D eigenvalue weighted by atomic mass is 10.3. The van der Waals surface area contributed by atoms with Crippen molar-refractivity contribution in [2.45, 2.75) is 50.5 Å². The molecule has 0 aromatic heterocycles.